The molecule has 0 spiro atoms. The van der Waals surface area contributed by atoms with E-state index in [0.717, 1.165) is 13.0 Å². The molecule has 0 unspecified atom stereocenters. The molecule has 6 heteroatoms. The summed E-state index contributed by atoms with van der Waals surface area (Å²) in [6, 6.07) is 7.13. The maximum absolute atomic E-state index is 12.0. The molecule has 20 heavy (non-hydrogen) atoms. The first-order valence-corrected chi connectivity index (χ1v) is 6.61. The molecule has 1 aliphatic rings. The van der Waals surface area contributed by atoms with Crippen molar-refractivity contribution in [2.24, 2.45) is 0 Å². The molecule has 0 bridgehead atoms. The number of benzene rings is 1. The molecule has 1 saturated heterocycles. The molecule has 0 aromatic heterocycles. The van der Waals surface area contributed by atoms with E-state index in [9.17, 15) is 9.59 Å². The van der Waals surface area contributed by atoms with Crippen LogP contribution in [0.2, 0.25) is 0 Å². The smallest absolute Gasteiger partial charge is 0.243 e. The van der Waals surface area contributed by atoms with Crippen molar-refractivity contribution in [3.63, 3.8) is 0 Å². The van der Waals surface area contributed by atoms with E-state index < -0.39 is 0 Å². The number of carbonyl (C=O) groups is 2. The first-order chi connectivity index (χ1) is 9.69. The molecule has 0 atom stereocenters. The molecule has 2 N–H and O–H groups in total. The highest BCUT2D eigenvalue weighted by atomic mass is 16.5. The SMILES string of the molecule is COc1cccc(NC(=O)CN2CCCNCC2=O)c1. The minimum atomic E-state index is -0.200. The van der Waals surface area contributed by atoms with E-state index in [1.54, 1.807) is 36.3 Å². The van der Waals surface area contributed by atoms with E-state index in [0.29, 0.717) is 24.5 Å². The predicted octanol–water partition coefficient (Wildman–Crippen LogP) is 0.456. The van der Waals surface area contributed by atoms with Gasteiger partial charge in [-0.05, 0) is 25.1 Å². The third-order valence-corrected chi connectivity index (χ3v) is 3.10. The summed E-state index contributed by atoms with van der Waals surface area (Å²) >= 11 is 0. The molecule has 1 fully saturated rings. The Kier molecular flexibility index (Phi) is 4.95. The average molecular weight is 277 g/mol. The van der Waals surface area contributed by atoms with Crippen LogP contribution in [-0.4, -0.2) is 50.0 Å². The van der Waals surface area contributed by atoms with Crippen molar-refractivity contribution in [1.29, 1.82) is 0 Å². The molecular formula is C14H19N3O3. The number of ether oxygens (including phenoxy) is 1. The van der Waals surface area contributed by atoms with Gasteiger partial charge >= 0.3 is 0 Å². The predicted molar refractivity (Wildman–Crippen MR) is 75.7 cm³/mol. The Morgan fingerprint density at radius 2 is 2.35 bits per heavy atom. The van der Waals surface area contributed by atoms with Crippen LogP contribution in [0.5, 0.6) is 5.75 Å². The van der Waals surface area contributed by atoms with Gasteiger partial charge in [-0.2, -0.15) is 0 Å². The quantitative estimate of drug-likeness (QED) is 0.838. The van der Waals surface area contributed by atoms with Crippen LogP contribution in [0.4, 0.5) is 5.69 Å². The van der Waals surface area contributed by atoms with Gasteiger partial charge in [0.1, 0.15) is 5.75 Å². The Hall–Kier alpha value is -2.08. The van der Waals surface area contributed by atoms with Gasteiger partial charge in [-0.1, -0.05) is 6.07 Å². The molecule has 2 amide bonds. The summed E-state index contributed by atoms with van der Waals surface area (Å²) in [4.78, 5) is 25.3. The molecule has 1 heterocycles. The van der Waals surface area contributed by atoms with Gasteiger partial charge in [0, 0.05) is 18.3 Å². The van der Waals surface area contributed by atoms with Crippen LogP contribution in [0, 0.1) is 0 Å². The maximum Gasteiger partial charge on any atom is 0.243 e. The van der Waals surface area contributed by atoms with Crippen LogP contribution in [0.1, 0.15) is 6.42 Å². The minimum Gasteiger partial charge on any atom is -0.497 e. The highest BCUT2D eigenvalue weighted by Crippen LogP contribution is 2.16. The molecule has 1 aromatic carbocycles. The molecule has 0 saturated carbocycles. The maximum atomic E-state index is 12.0. The third-order valence-electron chi connectivity index (χ3n) is 3.10. The molecule has 1 aromatic rings. The van der Waals surface area contributed by atoms with Crippen molar-refractivity contribution >= 4 is 17.5 Å². The van der Waals surface area contributed by atoms with Crippen LogP contribution in [0.15, 0.2) is 24.3 Å². The first-order valence-electron chi connectivity index (χ1n) is 6.61. The summed E-state index contributed by atoms with van der Waals surface area (Å²) in [5.74, 6) is 0.439. The lowest BCUT2D eigenvalue weighted by molar-refractivity contribution is -0.133. The van der Waals surface area contributed by atoms with Crippen molar-refractivity contribution < 1.29 is 14.3 Å². The number of rotatable bonds is 4. The second-order valence-corrected chi connectivity index (χ2v) is 4.63. The number of methoxy groups -OCH3 is 1. The second kappa shape index (κ2) is 6.91. The zero-order valence-corrected chi connectivity index (χ0v) is 11.5. The van der Waals surface area contributed by atoms with Gasteiger partial charge in [-0.25, -0.2) is 0 Å². The normalized spacial score (nSPS) is 15.7. The third kappa shape index (κ3) is 3.96. The lowest BCUT2D eigenvalue weighted by atomic mass is 10.3. The standard InChI is InChI=1S/C14H19N3O3/c1-20-12-5-2-4-11(8-12)16-13(18)10-17-7-3-6-15-9-14(17)19/h2,4-5,8,15H,3,6-7,9-10H2,1H3,(H,16,18). The van der Waals surface area contributed by atoms with Crippen LogP contribution in [0.3, 0.4) is 0 Å². The summed E-state index contributed by atoms with van der Waals surface area (Å²) in [5, 5.41) is 5.80. The fourth-order valence-electron chi connectivity index (χ4n) is 2.07. The van der Waals surface area contributed by atoms with Crippen LogP contribution < -0.4 is 15.4 Å². The van der Waals surface area contributed by atoms with Gasteiger partial charge in [0.25, 0.3) is 0 Å². The topological polar surface area (TPSA) is 70.7 Å². The average Bonchev–Trinajstić information content (AvgIpc) is 2.64. The van der Waals surface area contributed by atoms with Crippen molar-refractivity contribution in [3.05, 3.63) is 24.3 Å². The van der Waals surface area contributed by atoms with E-state index in [1.807, 2.05) is 0 Å². The Morgan fingerprint density at radius 3 is 3.15 bits per heavy atom. The van der Waals surface area contributed by atoms with E-state index in [2.05, 4.69) is 10.6 Å². The number of amides is 2. The van der Waals surface area contributed by atoms with E-state index in [-0.39, 0.29) is 18.4 Å². The summed E-state index contributed by atoms with van der Waals surface area (Å²) in [5.41, 5.74) is 0.662. The van der Waals surface area contributed by atoms with E-state index in [1.165, 1.54) is 0 Å². The Balaban J connectivity index is 1.92. The van der Waals surface area contributed by atoms with E-state index >= 15 is 0 Å². The van der Waals surface area contributed by atoms with Crippen molar-refractivity contribution in [1.82, 2.24) is 10.2 Å². The first kappa shape index (κ1) is 14.3. The number of nitrogens with one attached hydrogen (secondary N) is 2. The Labute approximate surface area is 118 Å². The molecule has 0 radical (unpaired) electrons. The molecule has 108 valence electrons. The van der Waals surface area contributed by atoms with Crippen molar-refractivity contribution in [2.75, 3.05) is 38.6 Å². The molecule has 6 nitrogen and oxygen atoms in total. The Morgan fingerprint density at radius 1 is 1.50 bits per heavy atom. The zero-order chi connectivity index (χ0) is 14.4. The second-order valence-electron chi connectivity index (χ2n) is 4.63. The highest BCUT2D eigenvalue weighted by molar-refractivity contribution is 5.94. The van der Waals surface area contributed by atoms with Crippen molar-refractivity contribution in [3.8, 4) is 5.75 Å². The fraction of sp³-hybridized carbons (Fsp3) is 0.429. The van der Waals surface area contributed by atoms with Crippen LogP contribution >= 0.6 is 0 Å². The zero-order valence-electron chi connectivity index (χ0n) is 11.5. The monoisotopic (exact) mass is 277 g/mol. The largest absolute Gasteiger partial charge is 0.497 e. The number of hydrogen-bond acceptors (Lipinski definition) is 4. The molecule has 1 aliphatic heterocycles. The van der Waals surface area contributed by atoms with Crippen LogP contribution in [0.25, 0.3) is 0 Å². The lowest BCUT2D eigenvalue weighted by Gasteiger charge is -2.19. The minimum absolute atomic E-state index is 0.0386. The van der Waals surface area contributed by atoms with Crippen LogP contribution in [-0.2, 0) is 9.59 Å². The Bertz CT molecular complexity index is 490. The molecule has 0 aliphatic carbocycles. The van der Waals surface area contributed by atoms with Gasteiger partial charge in [-0.15, -0.1) is 0 Å². The summed E-state index contributed by atoms with van der Waals surface area (Å²) in [6.07, 6.45) is 0.859. The van der Waals surface area contributed by atoms with Gasteiger partial charge in [0.05, 0.1) is 20.2 Å². The van der Waals surface area contributed by atoms with Crippen molar-refractivity contribution in [2.45, 2.75) is 6.42 Å². The van der Waals surface area contributed by atoms with Gasteiger partial charge in [-0.3, -0.25) is 9.59 Å². The van der Waals surface area contributed by atoms with Gasteiger partial charge in [0.2, 0.25) is 11.8 Å². The highest BCUT2D eigenvalue weighted by Gasteiger charge is 2.18. The molecular weight excluding hydrogens is 258 g/mol. The number of carbonyl (C=O) groups excluding carboxylic acids is 2. The fourth-order valence-corrected chi connectivity index (χ4v) is 2.07. The summed E-state index contributed by atoms with van der Waals surface area (Å²) < 4.78 is 5.10. The summed E-state index contributed by atoms with van der Waals surface area (Å²) in [6.45, 7) is 1.79. The van der Waals surface area contributed by atoms with Gasteiger partial charge in [0.15, 0.2) is 0 Å². The molecule has 2 rings (SSSR count). The number of anilines is 1. The van der Waals surface area contributed by atoms with E-state index in [4.69, 9.17) is 4.74 Å². The number of hydrogen-bond donors (Lipinski definition) is 2. The lowest BCUT2D eigenvalue weighted by Crippen LogP contribution is -2.40. The van der Waals surface area contributed by atoms with Gasteiger partial charge < -0.3 is 20.3 Å². The number of nitrogens with zero attached hydrogens (tertiary/aromatic N) is 1. The summed E-state index contributed by atoms with van der Waals surface area (Å²) in [7, 11) is 1.57.